The van der Waals surface area contributed by atoms with Gasteiger partial charge in [-0.25, -0.2) is 0 Å². The van der Waals surface area contributed by atoms with Crippen LogP contribution in [0.1, 0.15) is 6.42 Å². The first-order valence-corrected chi connectivity index (χ1v) is 1.71. The molecule has 0 atom stereocenters. The molecule has 0 aliphatic carbocycles. The van der Waals surface area contributed by atoms with Crippen molar-refractivity contribution in [2.45, 2.75) is 6.42 Å². The maximum Gasteiger partial charge on any atom is 2.00 e. The van der Waals surface area contributed by atoms with Crippen LogP contribution in [-0.2, 0) is 0 Å². The van der Waals surface area contributed by atoms with Crippen molar-refractivity contribution in [1.29, 1.82) is 0 Å². The van der Waals surface area contributed by atoms with Gasteiger partial charge in [-0.1, -0.05) is 6.54 Å². The van der Waals surface area contributed by atoms with Crippen molar-refractivity contribution in [2.24, 2.45) is 0 Å². The summed E-state index contributed by atoms with van der Waals surface area (Å²) < 4.78 is 0. The van der Waals surface area contributed by atoms with Gasteiger partial charge in [-0.3, -0.25) is 7.05 Å². The standard InChI is InChI=1S/C4H9N.U/c1-3-4-5-2;/h5H,1-4H2;/q-2;+2. The minimum Gasteiger partial charge on any atom is -0.475 e. The molecule has 0 aromatic rings. The zero-order valence-electron chi connectivity index (χ0n) is 3.83. The Kier molecular flexibility index (Phi) is 15.8. The van der Waals surface area contributed by atoms with E-state index in [1.54, 1.807) is 0 Å². The molecule has 0 rings (SSSR count). The SMILES string of the molecule is [CH2-]CCN[CH2-].[U+2]. The molecular formula is C4H9NU. The summed E-state index contributed by atoms with van der Waals surface area (Å²) in [6, 6.07) is 0. The fourth-order valence-electron chi connectivity index (χ4n) is 0.125. The zero-order chi connectivity index (χ0) is 4.12. The molecule has 0 aromatic carbocycles. The average Bonchev–Trinajstić information content (AvgIpc) is 1.41. The topological polar surface area (TPSA) is 12.0 Å². The Morgan fingerprint density at radius 2 is 2.00 bits per heavy atom. The van der Waals surface area contributed by atoms with Gasteiger partial charge in [-0.15, -0.1) is 0 Å². The Balaban J connectivity index is 0. The van der Waals surface area contributed by atoms with E-state index in [-0.39, 0.29) is 31.1 Å². The molecular weight excluding hydrogens is 300 g/mol. The van der Waals surface area contributed by atoms with Crippen molar-refractivity contribution in [3.63, 3.8) is 0 Å². The molecule has 0 bridgehead atoms. The van der Waals surface area contributed by atoms with Crippen molar-refractivity contribution >= 4 is 0 Å². The Bertz CT molecular complexity index is 15.0. The summed E-state index contributed by atoms with van der Waals surface area (Å²) in [6.07, 6.45) is 0.920. The van der Waals surface area contributed by atoms with Crippen molar-refractivity contribution in [1.82, 2.24) is 5.32 Å². The maximum atomic E-state index is 3.57. The Labute approximate surface area is 63.3 Å². The van der Waals surface area contributed by atoms with Gasteiger partial charge in [-0.05, 0) is 0 Å². The molecule has 0 aliphatic heterocycles. The van der Waals surface area contributed by atoms with Gasteiger partial charge in [0.15, 0.2) is 0 Å². The van der Waals surface area contributed by atoms with Gasteiger partial charge in [0.1, 0.15) is 0 Å². The van der Waals surface area contributed by atoms with E-state index >= 15 is 0 Å². The first kappa shape index (κ1) is 10.1. The maximum absolute atomic E-state index is 3.57. The third-order valence-electron chi connectivity index (χ3n) is 0.354. The van der Waals surface area contributed by atoms with E-state index in [1.807, 2.05) is 0 Å². The van der Waals surface area contributed by atoms with Gasteiger partial charge < -0.3 is 12.2 Å². The number of hydrogen-bond donors (Lipinski definition) is 1. The molecule has 0 heterocycles. The molecule has 0 aliphatic rings. The second-order valence-corrected chi connectivity index (χ2v) is 0.854. The van der Waals surface area contributed by atoms with Crippen LogP contribution in [0.4, 0.5) is 0 Å². The number of rotatable bonds is 2. The minimum absolute atomic E-state index is 0. The molecule has 0 amide bonds. The molecule has 0 radical (unpaired) electrons. The summed E-state index contributed by atoms with van der Waals surface area (Å²) in [6.45, 7) is 4.49. The van der Waals surface area contributed by atoms with Gasteiger partial charge in [0.05, 0.1) is 0 Å². The second kappa shape index (κ2) is 9.38. The normalized spacial score (nSPS) is 7.00. The van der Waals surface area contributed by atoms with E-state index in [2.05, 4.69) is 19.3 Å². The molecule has 0 saturated carbocycles. The van der Waals surface area contributed by atoms with Crippen LogP contribution in [0.2, 0.25) is 0 Å². The second-order valence-electron chi connectivity index (χ2n) is 0.854. The van der Waals surface area contributed by atoms with Crippen LogP contribution in [0.5, 0.6) is 0 Å². The zero-order valence-corrected chi connectivity index (χ0v) is 7.99. The quantitative estimate of drug-likeness (QED) is 0.737. The van der Waals surface area contributed by atoms with Crippen molar-refractivity contribution in [3.8, 4) is 0 Å². The van der Waals surface area contributed by atoms with Crippen molar-refractivity contribution in [3.05, 3.63) is 14.0 Å². The van der Waals surface area contributed by atoms with E-state index in [9.17, 15) is 0 Å². The number of hydrogen-bond acceptors (Lipinski definition) is 1. The van der Waals surface area contributed by atoms with Crippen LogP contribution in [-0.4, -0.2) is 6.54 Å². The molecule has 0 aromatic heterocycles. The molecule has 6 heavy (non-hydrogen) atoms. The van der Waals surface area contributed by atoms with E-state index in [0.29, 0.717) is 0 Å². The van der Waals surface area contributed by atoms with E-state index in [4.69, 9.17) is 0 Å². The first-order chi connectivity index (χ1) is 2.41. The third-order valence-corrected chi connectivity index (χ3v) is 0.354. The summed E-state index contributed by atoms with van der Waals surface area (Å²) in [4.78, 5) is 0. The molecule has 0 fully saturated rings. The third kappa shape index (κ3) is 8.89. The van der Waals surface area contributed by atoms with Gasteiger partial charge in [0, 0.05) is 0 Å². The average molecular weight is 309 g/mol. The monoisotopic (exact) mass is 309 g/mol. The Hall–Kier alpha value is 1.01. The molecule has 2 heteroatoms. The van der Waals surface area contributed by atoms with Crippen molar-refractivity contribution < 1.29 is 31.1 Å². The van der Waals surface area contributed by atoms with E-state index in [0.717, 1.165) is 13.0 Å². The summed E-state index contributed by atoms with van der Waals surface area (Å²) in [5, 5.41) is 2.70. The molecule has 34 valence electrons. The summed E-state index contributed by atoms with van der Waals surface area (Å²) in [7, 11) is 3.39. The molecule has 0 unspecified atom stereocenters. The van der Waals surface area contributed by atoms with Crippen LogP contribution in [0, 0.1) is 45.1 Å². The fourth-order valence-corrected chi connectivity index (χ4v) is 0.125. The molecule has 1 nitrogen and oxygen atoms in total. The Morgan fingerprint density at radius 3 is 2.00 bits per heavy atom. The van der Waals surface area contributed by atoms with Gasteiger partial charge in [0.2, 0.25) is 0 Å². The summed E-state index contributed by atoms with van der Waals surface area (Å²) in [5.41, 5.74) is 0. The smallest absolute Gasteiger partial charge is 0.475 e. The predicted octanol–water partition coefficient (Wildman–Crippen LogP) is 0.592. The molecule has 1 N–H and O–H groups in total. The fraction of sp³-hybridized carbons (Fsp3) is 0.500. The van der Waals surface area contributed by atoms with Crippen molar-refractivity contribution in [2.75, 3.05) is 6.54 Å². The number of nitrogens with one attached hydrogen (secondary N) is 1. The van der Waals surface area contributed by atoms with Gasteiger partial charge in [0.25, 0.3) is 0 Å². The van der Waals surface area contributed by atoms with Crippen LogP contribution in [0.25, 0.3) is 0 Å². The van der Waals surface area contributed by atoms with Crippen LogP contribution >= 0.6 is 0 Å². The van der Waals surface area contributed by atoms with E-state index < -0.39 is 0 Å². The van der Waals surface area contributed by atoms with E-state index in [1.165, 1.54) is 0 Å². The van der Waals surface area contributed by atoms with Gasteiger partial charge >= 0.3 is 31.1 Å². The van der Waals surface area contributed by atoms with Gasteiger partial charge in [-0.2, -0.15) is 6.42 Å². The van der Waals surface area contributed by atoms with Crippen LogP contribution in [0.15, 0.2) is 0 Å². The molecule has 0 saturated heterocycles. The summed E-state index contributed by atoms with van der Waals surface area (Å²) >= 11 is 0. The molecule has 0 spiro atoms. The van der Waals surface area contributed by atoms with Crippen LogP contribution < -0.4 is 5.32 Å². The largest absolute Gasteiger partial charge is 2.00 e. The minimum atomic E-state index is 0. The summed E-state index contributed by atoms with van der Waals surface area (Å²) in [5.74, 6) is 0. The first-order valence-electron chi connectivity index (χ1n) is 1.71. The van der Waals surface area contributed by atoms with Crippen LogP contribution in [0.3, 0.4) is 0 Å². The Morgan fingerprint density at radius 1 is 1.50 bits per heavy atom. The predicted molar refractivity (Wildman–Crippen MR) is 23.3 cm³/mol.